The Morgan fingerprint density at radius 1 is 1.21 bits per heavy atom. The van der Waals surface area contributed by atoms with Crippen molar-refractivity contribution in [3.05, 3.63) is 24.3 Å². The molecular formula is C19H30F3N5O. The second-order valence-electron chi connectivity index (χ2n) is 6.90. The van der Waals surface area contributed by atoms with E-state index < -0.39 is 12.7 Å². The van der Waals surface area contributed by atoms with E-state index in [0.717, 1.165) is 44.4 Å². The lowest BCUT2D eigenvalue weighted by Crippen LogP contribution is -2.52. The molecule has 0 aliphatic carbocycles. The van der Waals surface area contributed by atoms with Crippen molar-refractivity contribution >= 4 is 11.6 Å². The van der Waals surface area contributed by atoms with Crippen LogP contribution >= 0.6 is 0 Å². The van der Waals surface area contributed by atoms with Gasteiger partial charge in [0.25, 0.3) is 0 Å². The van der Waals surface area contributed by atoms with Crippen LogP contribution in [-0.2, 0) is 0 Å². The summed E-state index contributed by atoms with van der Waals surface area (Å²) in [6, 6.07) is 7.30. The molecule has 0 atom stereocenters. The molecule has 6 nitrogen and oxygen atoms in total. The molecule has 0 unspecified atom stereocenters. The van der Waals surface area contributed by atoms with Crippen molar-refractivity contribution in [3.8, 4) is 5.75 Å². The van der Waals surface area contributed by atoms with Gasteiger partial charge in [-0.25, -0.2) is 0 Å². The van der Waals surface area contributed by atoms with E-state index in [9.17, 15) is 18.3 Å². The zero-order valence-electron chi connectivity index (χ0n) is 16.5. The highest BCUT2D eigenvalue weighted by Gasteiger charge is 2.28. The van der Waals surface area contributed by atoms with Crippen LogP contribution < -0.4 is 10.2 Å². The van der Waals surface area contributed by atoms with E-state index in [4.69, 9.17) is 0 Å². The Hall–Kier alpha value is -2.16. The van der Waals surface area contributed by atoms with Crippen LogP contribution in [0.15, 0.2) is 29.3 Å². The molecular weight excluding hydrogens is 371 g/mol. The Morgan fingerprint density at radius 2 is 1.89 bits per heavy atom. The third-order valence-electron chi connectivity index (χ3n) is 4.55. The maximum absolute atomic E-state index is 12.4. The molecule has 158 valence electrons. The Labute approximate surface area is 164 Å². The lowest BCUT2D eigenvalue weighted by molar-refractivity contribution is -0.143. The van der Waals surface area contributed by atoms with Gasteiger partial charge in [-0.3, -0.25) is 9.89 Å². The monoisotopic (exact) mass is 401 g/mol. The van der Waals surface area contributed by atoms with E-state index in [2.05, 4.69) is 20.1 Å². The second-order valence-corrected chi connectivity index (χ2v) is 6.90. The van der Waals surface area contributed by atoms with Crippen molar-refractivity contribution in [2.75, 3.05) is 64.3 Å². The van der Waals surface area contributed by atoms with Gasteiger partial charge in [0.05, 0.1) is 12.2 Å². The molecule has 9 heteroatoms. The number of nitrogens with zero attached hydrogens (tertiary/aromatic N) is 4. The summed E-state index contributed by atoms with van der Waals surface area (Å²) in [5.41, 5.74) is 0.830. The van der Waals surface area contributed by atoms with Crippen LogP contribution in [-0.4, -0.2) is 86.4 Å². The number of aromatic hydroxyl groups is 1. The van der Waals surface area contributed by atoms with Crippen molar-refractivity contribution in [1.29, 1.82) is 0 Å². The number of guanidine groups is 1. The fourth-order valence-electron chi connectivity index (χ4n) is 3.23. The molecule has 1 aliphatic heterocycles. The fraction of sp³-hybridized carbons (Fsp3) is 0.632. The first kappa shape index (κ1) is 22.1. The van der Waals surface area contributed by atoms with Gasteiger partial charge in [0.2, 0.25) is 0 Å². The number of alkyl halides is 3. The van der Waals surface area contributed by atoms with Gasteiger partial charge in [-0.15, -0.1) is 0 Å². The van der Waals surface area contributed by atoms with Crippen molar-refractivity contribution in [3.63, 3.8) is 0 Å². The zero-order chi connectivity index (χ0) is 20.6. The number of anilines is 1. The van der Waals surface area contributed by atoms with Crippen LogP contribution in [0, 0.1) is 0 Å². The fourth-order valence-corrected chi connectivity index (χ4v) is 3.23. The number of para-hydroxylation sites is 2. The molecule has 0 amide bonds. The quantitative estimate of drug-likeness (QED) is 0.417. The van der Waals surface area contributed by atoms with Crippen LogP contribution in [0.5, 0.6) is 5.75 Å². The minimum absolute atomic E-state index is 0.277. The maximum atomic E-state index is 12.4. The number of benzene rings is 1. The second kappa shape index (κ2) is 10.4. The number of rotatable bonds is 7. The van der Waals surface area contributed by atoms with E-state index in [-0.39, 0.29) is 5.75 Å². The summed E-state index contributed by atoms with van der Waals surface area (Å²) in [6.45, 7) is 5.69. The lowest BCUT2D eigenvalue weighted by atomic mass is 10.2. The van der Waals surface area contributed by atoms with Crippen LogP contribution in [0.4, 0.5) is 18.9 Å². The topological polar surface area (TPSA) is 54.3 Å². The summed E-state index contributed by atoms with van der Waals surface area (Å²) in [5, 5.41) is 13.3. The molecule has 2 N–H and O–H groups in total. The molecule has 1 aliphatic rings. The first-order valence-electron chi connectivity index (χ1n) is 9.61. The van der Waals surface area contributed by atoms with Crippen LogP contribution in [0.1, 0.15) is 13.3 Å². The first-order chi connectivity index (χ1) is 13.3. The standard InChI is InChI=1S/C19H30F3N5O/c1-3-23-18(24-9-6-10-25(2)15-19(20,21)22)27-13-11-26(12-14-27)16-7-4-5-8-17(16)28/h4-5,7-8,28H,3,6,9-15H2,1-2H3,(H,23,24). The Kier molecular flexibility index (Phi) is 8.22. The summed E-state index contributed by atoms with van der Waals surface area (Å²) in [6.07, 6.45) is -3.60. The highest BCUT2D eigenvalue weighted by atomic mass is 19.4. The smallest absolute Gasteiger partial charge is 0.401 e. The number of hydrogen-bond acceptors (Lipinski definition) is 4. The molecule has 1 aromatic carbocycles. The number of phenolic OH excluding ortho intramolecular Hbond substituents is 1. The van der Waals surface area contributed by atoms with Gasteiger partial charge < -0.3 is 20.2 Å². The number of halogens is 3. The van der Waals surface area contributed by atoms with E-state index in [0.29, 0.717) is 19.5 Å². The molecule has 2 rings (SSSR count). The highest BCUT2D eigenvalue weighted by molar-refractivity contribution is 5.80. The summed E-state index contributed by atoms with van der Waals surface area (Å²) < 4.78 is 37.1. The molecule has 1 heterocycles. The third-order valence-corrected chi connectivity index (χ3v) is 4.55. The van der Waals surface area contributed by atoms with E-state index in [1.54, 1.807) is 12.1 Å². The summed E-state index contributed by atoms with van der Waals surface area (Å²) >= 11 is 0. The number of nitrogens with one attached hydrogen (secondary N) is 1. The van der Waals surface area contributed by atoms with Gasteiger partial charge in [0, 0.05) is 39.3 Å². The Bertz CT molecular complexity index is 630. The van der Waals surface area contributed by atoms with Crippen molar-refractivity contribution in [2.24, 2.45) is 4.99 Å². The van der Waals surface area contributed by atoms with Crippen LogP contribution in [0.3, 0.4) is 0 Å². The number of hydrogen-bond donors (Lipinski definition) is 2. The molecule has 0 saturated carbocycles. The molecule has 1 saturated heterocycles. The van der Waals surface area contributed by atoms with E-state index in [1.165, 1.54) is 11.9 Å². The van der Waals surface area contributed by atoms with Gasteiger partial charge in [-0.1, -0.05) is 12.1 Å². The van der Waals surface area contributed by atoms with E-state index >= 15 is 0 Å². The largest absolute Gasteiger partial charge is 0.506 e. The van der Waals surface area contributed by atoms with Crippen molar-refractivity contribution in [1.82, 2.24) is 15.1 Å². The summed E-state index contributed by atoms with van der Waals surface area (Å²) in [4.78, 5) is 10.1. The SMILES string of the molecule is CCNC(=NCCCN(C)CC(F)(F)F)N1CCN(c2ccccc2O)CC1. The lowest BCUT2D eigenvalue weighted by Gasteiger charge is -2.37. The summed E-state index contributed by atoms with van der Waals surface area (Å²) in [7, 11) is 1.47. The van der Waals surface area contributed by atoms with Gasteiger partial charge in [0.1, 0.15) is 5.75 Å². The average molecular weight is 401 g/mol. The molecule has 28 heavy (non-hydrogen) atoms. The zero-order valence-corrected chi connectivity index (χ0v) is 16.5. The number of piperazine rings is 1. The van der Waals surface area contributed by atoms with Crippen molar-refractivity contribution in [2.45, 2.75) is 19.5 Å². The summed E-state index contributed by atoms with van der Waals surface area (Å²) in [5.74, 6) is 1.07. The molecule has 1 aromatic rings. The minimum Gasteiger partial charge on any atom is -0.506 e. The molecule has 0 radical (unpaired) electrons. The van der Waals surface area contributed by atoms with Gasteiger partial charge >= 0.3 is 6.18 Å². The third kappa shape index (κ3) is 7.10. The molecule has 1 fully saturated rings. The molecule has 0 aromatic heterocycles. The van der Waals surface area contributed by atoms with Crippen LogP contribution in [0.25, 0.3) is 0 Å². The maximum Gasteiger partial charge on any atom is 0.401 e. The highest BCUT2D eigenvalue weighted by Crippen LogP contribution is 2.27. The number of phenols is 1. The Balaban J connectivity index is 1.83. The minimum atomic E-state index is -4.17. The molecule has 0 bridgehead atoms. The van der Waals surface area contributed by atoms with E-state index in [1.807, 2.05) is 19.1 Å². The van der Waals surface area contributed by atoms with Crippen molar-refractivity contribution < 1.29 is 18.3 Å². The average Bonchev–Trinajstić information content (AvgIpc) is 2.63. The normalized spacial score (nSPS) is 16.0. The Morgan fingerprint density at radius 3 is 2.50 bits per heavy atom. The van der Waals surface area contributed by atoms with Gasteiger partial charge in [0.15, 0.2) is 5.96 Å². The first-order valence-corrected chi connectivity index (χ1v) is 9.61. The predicted octanol–water partition coefficient (Wildman–Crippen LogP) is 2.36. The van der Waals surface area contributed by atoms with Crippen LogP contribution in [0.2, 0.25) is 0 Å². The predicted molar refractivity (Wildman–Crippen MR) is 106 cm³/mol. The number of aliphatic imine (C=N–C) groups is 1. The molecule has 0 spiro atoms. The van der Waals surface area contributed by atoms with Gasteiger partial charge in [-0.05, 0) is 39.1 Å². The van der Waals surface area contributed by atoms with Gasteiger partial charge in [-0.2, -0.15) is 13.2 Å².